The zero-order chi connectivity index (χ0) is 28.2. The fourth-order valence-corrected chi connectivity index (χ4v) is 5.18. The summed E-state index contributed by atoms with van der Waals surface area (Å²) < 4.78 is 0. The van der Waals surface area contributed by atoms with Crippen LogP contribution in [0.1, 0.15) is 24.0 Å². The zero-order valence-corrected chi connectivity index (χ0v) is 22.9. The summed E-state index contributed by atoms with van der Waals surface area (Å²) in [5, 5.41) is 12.8. The lowest BCUT2D eigenvalue weighted by molar-refractivity contribution is -0.117. The van der Waals surface area contributed by atoms with Crippen LogP contribution >= 0.6 is 11.6 Å². The Morgan fingerprint density at radius 3 is 2.80 bits per heavy atom. The molecule has 3 amide bonds. The minimum absolute atomic E-state index is 0.0797. The van der Waals surface area contributed by atoms with Crippen molar-refractivity contribution in [1.29, 1.82) is 0 Å². The minimum atomic E-state index is -0.181. The second-order valence-electron chi connectivity index (χ2n) is 10.1. The van der Waals surface area contributed by atoms with Crippen molar-refractivity contribution < 1.29 is 9.59 Å². The molecule has 0 saturated carbocycles. The third kappa shape index (κ3) is 6.52. The first-order valence-electron chi connectivity index (χ1n) is 13.4. The van der Waals surface area contributed by atoms with E-state index >= 15 is 0 Å². The number of carbonyl (C=O) groups excluding carboxylic acids is 2. The number of likely N-dealkylation sites (tertiary alicyclic amines) is 1. The number of nitrogens with zero attached hydrogens (tertiary/aromatic N) is 5. The minimum Gasteiger partial charge on any atom is -0.339 e. The van der Waals surface area contributed by atoms with Crippen LogP contribution in [0.4, 0.5) is 39.3 Å². The lowest BCUT2D eigenvalue weighted by Gasteiger charge is -2.18. The Balaban J connectivity index is 1.15. The molecule has 3 aromatic heterocycles. The van der Waals surface area contributed by atoms with Gasteiger partial charge in [-0.25, -0.2) is 9.78 Å². The zero-order valence-electron chi connectivity index (χ0n) is 22.1. The molecule has 4 N–H and O–H groups in total. The highest BCUT2D eigenvalue weighted by Gasteiger charge is 2.28. The molecule has 1 fully saturated rings. The summed E-state index contributed by atoms with van der Waals surface area (Å²) in [4.78, 5) is 44.7. The molecule has 0 unspecified atom stereocenters. The molecule has 1 aromatic carbocycles. The van der Waals surface area contributed by atoms with Crippen LogP contribution in [0.25, 0.3) is 0 Å². The fraction of sp³-hybridized carbons (Fsp3) is 0.241. The highest BCUT2D eigenvalue weighted by molar-refractivity contribution is 6.32. The molecule has 208 valence electrons. The van der Waals surface area contributed by atoms with Crippen LogP contribution in [0.2, 0.25) is 5.02 Å². The number of anilines is 6. The molecule has 0 radical (unpaired) electrons. The number of urea groups is 1. The van der Waals surface area contributed by atoms with Gasteiger partial charge in [-0.2, -0.15) is 4.98 Å². The predicted octanol–water partition coefficient (Wildman–Crippen LogP) is 5.39. The van der Waals surface area contributed by atoms with Crippen LogP contribution in [0.15, 0.2) is 67.4 Å². The first-order valence-corrected chi connectivity index (χ1v) is 13.8. The predicted molar refractivity (Wildman–Crippen MR) is 158 cm³/mol. The number of nitrogens with one attached hydrogen (secondary N) is 4. The summed E-state index contributed by atoms with van der Waals surface area (Å²) in [6, 6.07) is 11.2. The van der Waals surface area contributed by atoms with Gasteiger partial charge in [0.1, 0.15) is 5.02 Å². The SMILES string of the molecule is O=C(C[C@H]1CCN(C(=O)Nc2cccnc2)C1)Nc1ccc2cc1CCc1cncc(c1)Nc1ncc(Cl)c(n1)N2. The van der Waals surface area contributed by atoms with Crippen LogP contribution in [0.3, 0.4) is 0 Å². The van der Waals surface area contributed by atoms with Crippen molar-refractivity contribution in [3.63, 3.8) is 0 Å². The third-order valence-electron chi connectivity index (χ3n) is 7.08. The van der Waals surface area contributed by atoms with Gasteiger partial charge in [-0.15, -0.1) is 0 Å². The Morgan fingerprint density at radius 2 is 1.93 bits per heavy atom. The maximum Gasteiger partial charge on any atom is 0.321 e. The van der Waals surface area contributed by atoms with Crippen molar-refractivity contribution in [2.45, 2.75) is 25.7 Å². The van der Waals surface area contributed by atoms with E-state index < -0.39 is 0 Å². The van der Waals surface area contributed by atoms with E-state index in [0.717, 1.165) is 41.0 Å². The number of hydrogen-bond acceptors (Lipinski definition) is 8. The van der Waals surface area contributed by atoms with Crippen molar-refractivity contribution in [2.24, 2.45) is 5.92 Å². The maximum absolute atomic E-state index is 13.1. The Labute approximate surface area is 241 Å². The standard InChI is InChI=1S/C29H28ClN9O2/c30-24-16-33-28-35-23-10-18(13-32-15-23)3-4-20-12-21(34-27(24)38-28)5-6-25(20)37-26(40)11-19-7-9-39(17-19)29(41)36-22-2-1-8-31-14-22/h1-2,5-6,8,10,12-16,19H,3-4,7,9,11,17H2,(H,36,41)(H,37,40)(H2,33,34,35,38)/t19-/m1/s1. The van der Waals surface area contributed by atoms with E-state index in [1.54, 1.807) is 35.6 Å². The highest BCUT2D eigenvalue weighted by atomic mass is 35.5. The number of aromatic nitrogens is 4. The van der Waals surface area contributed by atoms with Crippen LogP contribution < -0.4 is 21.3 Å². The fourth-order valence-electron chi connectivity index (χ4n) is 5.04. The molecule has 6 bridgehead atoms. The third-order valence-corrected chi connectivity index (χ3v) is 7.36. The topological polar surface area (TPSA) is 137 Å². The summed E-state index contributed by atoms with van der Waals surface area (Å²) in [6.07, 6.45) is 10.8. The lowest BCUT2D eigenvalue weighted by Crippen LogP contribution is -2.33. The Morgan fingerprint density at radius 1 is 1.00 bits per heavy atom. The van der Waals surface area contributed by atoms with Gasteiger partial charge in [0.15, 0.2) is 5.82 Å². The first-order chi connectivity index (χ1) is 20.0. The van der Waals surface area contributed by atoms with Crippen LogP contribution in [-0.2, 0) is 17.6 Å². The van der Waals surface area contributed by atoms with Crippen LogP contribution in [0.5, 0.6) is 0 Å². The maximum atomic E-state index is 13.1. The number of pyridine rings is 2. The van der Waals surface area contributed by atoms with E-state index in [1.165, 1.54) is 6.20 Å². The van der Waals surface area contributed by atoms with Gasteiger partial charge in [0.25, 0.3) is 0 Å². The summed E-state index contributed by atoms with van der Waals surface area (Å²) in [6.45, 7) is 1.12. The summed E-state index contributed by atoms with van der Waals surface area (Å²) in [7, 11) is 0. The molecule has 41 heavy (non-hydrogen) atoms. The molecule has 1 saturated heterocycles. The number of amides is 3. The van der Waals surface area contributed by atoms with Crippen molar-refractivity contribution in [2.75, 3.05) is 34.4 Å². The number of aryl methyl sites for hydroxylation is 2. The summed E-state index contributed by atoms with van der Waals surface area (Å²) >= 11 is 6.37. The molecule has 1 atom stereocenters. The molecule has 0 spiro atoms. The monoisotopic (exact) mass is 569 g/mol. The molecule has 12 heteroatoms. The first kappa shape index (κ1) is 26.5. The number of hydrogen-bond donors (Lipinski definition) is 4. The van der Waals surface area contributed by atoms with E-state index in [0.29, 0.717) is 48.4 Å². The average molecular weight is 570 g/mol. The summed E-state index contributed by atoms with van der Waals surface area (Å²) in [5.41, 5.74) is 4.96. The number of benzene rings is 1. The van der Waals surface area contributed by atoms with Crippen LogP contribution in [0, 0.1) is 5.92 Å². The number of rotatable bonds is 4. The molecule has 2 aliphatic heterocycles. The van der Waals surface area contributed by atoms with Gasteiger partial charge in [-0.1, -0.05) is 11.6 Å². The van der Waals surface area contributed by atoms with Crippen molar-refractivity contribution in [3.8, 4) is 0 Å². The van der Waals surface area contributed by atoms with Gasteiger partial charge in [-0.05, 0) is 72.7 Å². The Hall–Kier alpha value is -4.77. The largest absolute Gasteiger partial charge is 0.339 e. The van der Waals surface area contributed by atoms with E-state index in [2.05, 4.69) is 41.2 Å². The molecular formula is C29H28ClN9O2. The molecule has 11 nitrogen and oxygen atoms in total. The van der Waals surface area contributed by atoms with E-state index in [1.807, 2.05) is 30.5 Å². The molecule has 2 aliphatic rings. The second-order valence-corrected chi connectivity index (χ2v) is 10.5. The van der Waals surface area contributed by atoms with Gasteiger partial charge >= 0.3 is 6.03 Å². The van der Waals surface area contributed by atoms with Gasteiger partial charge in [-0.3, -0.25) is 14.8 Å². The number of fused-ring (bicyclic) bond motifs is 6. The molecule has 5 heterocycles. The van der Waals surface area contributed by atoms with Crippen molar-refractivity contribution in [3.05, 3.63) is 83.5 Å². The molecule has 4 aromatic rings. The van der Waals surface area contributed by atoms with Crippen LogP contribution in [-0.4, -0.2) is 49.9 Å². The van der Waals surface area contributed by atoms with Crippen molar-refractivity contribution >= 4 is 58.1 Å². The van der Waals surface area contributed by atoms with Gasteiger partial charge in [0, 0.05) is 43.3 Å². The van der Waals surface area contributed by atoms with E-state index in [-0.39, 0.29) is 17.9 Å². The molecule has 6 rings (SSSR count). The van der Waals surface area contributed by atoms with Gasteiger partial charge < -0.3 is 26.2 Å². The summed E-state index contributed by atoms with van der Waals surface area (Å²) in [5.74, 6) is 0.865. The Kier molecular flexibility index (Phi) is 7.59. The number of halogens is 1. The van der Waals surface area contributed by atoms with Crippen molar-refractivity contribution in [1.82, 2.24) is 24.8 Å². The molecular weight excluding hydrogens is 542 g/mol. The Bertz CT molecular complexity index is 1580. The quantitative estimate of drug-likeness (QED) is 0.257. The second kappa shape index (κ2) is 11.8. The average Bonchev–Trinajstić information content (AvgIpc) is 3.44. The lowest BCUT2D eigenvalue weighted by atomic mass is 10.0. The van der Waals surface area contributed by atoms with E-state index in [4.69, 9.17) is 11.6 Å². The number of carbonyl (C=O) groups is 2. The van der Waals surface area contributed by atoms with E-state index in [9.17, 15) is 9.59 Å². The van der Waals surface area contributed by atoms with Gasteiger partial charge in [0.05, 0.1) is 30.0 Å². The molecule has 0 aliphatic carbocycles. The highest BCUT2D eigenvalue weighted by Crippen LogP contribution is 2.30. The normalized spacial score (nSPS) is 15.8. The smallest absolute Gasteiger partial charge is 0.321 e. The van der Waals surface area contributed by atoms with Gasteiger partial charge in [0.2, 0.25) is 11.9 Å².